The Hall–Kier alpha value is -1.44. The van der Waals surface area contributed by atoms with Gasteiger partial charge in [0.15, 0.2) is 0 Å². The summed E-state index contributed by atoms with van der Waals surface area (Å²) in [6.45, 7) is 10.7. The lowest BCUT2D eigenvalue weighted by atomic mass is 10.1. The highest BCUT2D eigenvalue weighted by Crippen LogP contribution is 2.20. The van der Waals surface area contributed by atoms with E-state index in [-0.39, 0.29) is 23.3 Å². The van der Waals surface area contributed by atoms with Crippen LogP contribution in [0.2, 0.25) is 0 Å². The summed E-state index contributed by atoms with van der Waals surface area (Å²) in [5.74, 6) is 0.00621. The van der Waals surface area contributed by atoms with Gasteiger partial charge in [-0.15, -0.1) is 0 Å². The third kappa shape index (κ3) is 5.03. The van der Waals surface area contributed by atoms with Crippen LogP contribution in [-0.2, 0) is 14.8 Å². The Kier molecular flexibility index (Phi) is 6.59. The fourth-order valence-electron chi connectivity index (χ4n) is 2.84. The molecule has 0 aliphatic carbocycles. The first-order valence-corrected chi connectivity index (χ1v) is 10.2. The van der Waals surface area contributed by atoms with Crippen molar-refractivity contribution in [2.24, 2.45) is 5.92 Å². The minimum absolute atomic E-state index is 0.104. The Bertz CT molecular complexity index is 710. The molecular weight excluding hydrogens is 338 g/mol. The summed E-state index contributed by atoms with van der Waals surface area (Å²) in [5.41, 5.74) is 1.98. The van der Waals surface area contributed by atoms with Gasteiger partial charge in [-0.3, -0.25) is 4.79 Å². The highest BCUT2D eigenvalue weighted by atomic mass is 32.2. The molecule has 7 heteroatoms. The summed E-state index contributed by atoms with van der Waals surface area (Å²) < 4.78 is 27.5. The van der Waals surface area contributed by atoms with E-state index in [4.69, 9.17) is 0 Å². The second kappa shape index (κ2) is 8.29. The number of nitrogens with zero attached hydrogens (tertiary/aromatic N) is 2. The maximum Gasteiger partial charge on any atom is 0.243 e. The van der Waals surface area contributed by atoms with E-state index >= 15 is 0 Å². The van der Waals surface area contributed by atoms with Crippen LogP contribution in [0.3, 0.4) is 0 Å². The molecule has 1 aromatic carbocycles. The largest absolute Gasteiger partial charge is 0.339 e. The molecule has 0 aromatic heterocycles. The molecule has 0 bridgehead atoms. The first-order valence-electron chi connectivity index (χ1n) is 8.77. The third-order valence-electron chi connectivity index (χ3n) is 4.47. The monoisotopic (exact) mass is 367 g/mol. The zero-order chi connectivity index (χ0) is 18.6. The van der Waals surface area contributed by atoms with Gasteiger partial charge in [-0.1, -0.05) is 19.9 Å². The van der Waals surface area contributed by atoms with Gasteiger partial charge in [0.1, 0.15) is 0 Å². The molecule has 140 valence electrons. The molecule has 0 saturated carbocycles. The fraction of sp³-hybridized carbons (Fsp3) is 0.611. The molecule has 0 unspecified atom stereocenters. The van der Waals surface area contributed by atoms with Crippen molar-refractivity contribution >= 4 is 15.9 Å². The first kappa shape index (κ1) is 19.9. The van der Waals surface area contributed by atoms with Gasteiger partial charge >= 0.3 is 0 Å². The first-order chi connectivity index (χ1) is 11.7. The number of nitrogens with one attached hydrogen (secondary N) is 1. The maximum atomic E-state index is 13.1. The van der Waals surface area contributed by atoms with E-state index < -0.39 is 10.0 Å². The van der Waals surface area contributed by atoms with Crippen LogP contribution in [0.25, 0.3) is 0 Å². The number of piperazine rings is 1. The van der Waals surface area contributed by atoms with E-state index in [1.807, 2.05) is 33.8 Å². The van der Waals surface area contributed by atoms with Gasteiger partial charge in [0.25, 0.3) is 0 Å². The molecule has 1 aromatic rings. The molecular formula is C18H29N3O3S. The maximum absolute atomic E-state index is 13.1. The second-order valence-electron chi connectivity index (χ2n) is 7.07. The van der Waals surface area contributed by atoms with Crippen LogP contribution in [0, 0.1) is 19.8 Å². The van der Waals surface area contributed by atoms with Crippen molar-refractivity contribution in [2.45, 2.75) is 32.6 Å². The summed E-state index contributed by atoms with van der Waals surface area (Å²) in [7, 11) is -3.70. The summed E-state index contributed by atoms with van der Waals surface area (Å²) >= 11 is 0. The van der Waals surface area contributed by atoms with Crippen LogP contribution < -0.4 is 5.32 Å². The zero-order valence-corrected chi connectivity index (χ0v) is 16.4. The van der Waals surface area contributed by atoms with E-state index in [1.54, 1.807) is 17.0 Å². The second-order valence-corrected chi connectivity index (χ2v) is 9.01. The Morgan fingerprint density at radius 2 is 1.84 bits per heavy atom. The van der Waals surface area contributed by atoms with E-state index in [0.717, 1.165) is 24.2 Å². The molecule has 0 atom stereocenters. The minimum Gasteiger partial charge on any atom is -0.339 e. The van der Waals surface area contributed by atoms with Crippen molar-refractivity contribution in [3.8, 4) is 0 Å². The van der Waals surface area contributed by atoms with Gasteiger partial charge < -0.3 is 10.2 Å². The number of hydrogen-bond donors (Lipinski definition) is 1. The van der Waals surface area contributed by atoms with Gasteiger partial charge in [0, 0.05) is 32.7 Å². The van der Waals surface area contributed by atoms with Crippen LogP contribution >= 0.6 is 0 Å². The number of sulfonamides is 1. The predicted molar refractivity (Wildman–Crippen MR) is 99.0 cm³/mol. The number of amides is 1. The van der Waals surface area contributed by atoms with Gasteiger partial charge in [0.05, 0.1) is 11.4 Å². The number of carbonyl (C=O) groups is 1. The molecule has 1 aliphatic rings. The lowest BCUT2D eigenvalue weighted by Crippen LogP contribution is -2.50. The number of benzene rings is 1. The molecule has 1 aliphatic heterocycles. The summed E-state index contributed by atoms with van der Waals surface area (Å²) in [6, 6.07) is 5.13. The average molecular weight is 368 g/mol. The van der Waals surface area contributed by atoms with E-state index in [1.165, 1.54) is 4.31 Å². The van der Waals surface area contributed by atoms with Crippen molar-refractivity contribution < 1.29 is 13.2 Å². The molecule has 1 fully saturated rings. The van der Waals surface area contributed by atoms with Crippen LogP contribution in [-0.4, -0.2) is 62.8 Å². The zero-order valence-electron chi connectivity index (χ0n) is 15.6. The van der Waals surface area contributed by atoms with Crippen molar-refractivity contribution in [1.82, 2.24) is 14.5 Å². The molecule has 6 nitrogen and oxygen atoms in total. The van der Waals surface area contributed by atoms with Crippen LogP contribution in [0.5, 0.6) is 0 Å². The van der Waals surface area contributed by atoms with Crippen LogP contribution in [0.15, 0.2) is 23.1 Å². The predicted octanol–water partition coefficient (Wildman–Crippen LogP) is 1.38. The van der Waals surface area contributed by atoms with Gasteiger partial charge in [-0.2, -0.15) is 4.31 Å². The summed E-state index contributed by atoms with van der Waals surface area (Å²) in [4.78, 5) is 14.6. The van der Waals surface area contributed by atoms with Crippen molar-refractivity contribution in [3.05, 3.63) is 29.3 Å². The lowest BCUT2D eigenvalue weighted by Gasteiger charge is -2.30. The molecule has 1 N–H and O–H groups in total. The Balaban J connectivity index is 2.25. The molecule has 0 radical (unpaired) electrons. The molecule has 1 saturated heterocycles. The highest BCUT2D eigenvalue weighted by molar-refractivity contribution is 7.89. The van der Waals surface area contributed by atoms with Gasteiger partial charge in [-0.25, -0.2) is 8.42 Å². The van der Waals surface area contributed by atoms with Crippen molar-refractivity contribution in [1.29, 1.82) is 0 Å². The molecule has 2 rings (SSSR count). The average Bonchev–Trinajstić information content (AvgIpc) is 2.57. The highest BCUT2D eigenvalue weighted by Gasteiger charge is 2.29. The number of aryl methyl sites for hydroxylation is 2. The number of carbonyl (C=O) groups excluding carboxylic acids is 1. The minimum atomic E-state index is -3.70. The standard InChI is InChI=1S/C18H29N3O3S/c1-14(2)12-21(13-18(22)20-9-7-19-8-10-20)25(23,24)17-6-5-15(3)16(4)11-17/h5-6,11,14,19H,7-10,12-13H2,1-4H3. The van der Waals surface area contributed by atoms with E-state index in [2.05, 4.69) is 5.32 Å². The Morgan fingerprint density at radius 1 is 1.20 bits per heavy atom. The van der Waals surface area contributed by atoms with Crippen molar-refractivity contribution in [2.75, 3.05) is 39.3 Å². The van der Waals surface area contributed by atoms with Crippen LogP contribution in [0.1, 0.15) is 25.0 Å². The van der Waals surface area contributed by atoms with Crippen LogP contribution in [0.4, 0.5) is 0 Å². The van der Waals surface area contributed by atoms with E-state index in [9.17, 15) is 13.2 Å². The number of rotatable bonds is 6. The van der Waals surface area contributed by atoms with Gasteiger partial charge in [-0.05, 0) is 43.0 Å². The lowest BCUT2D eigenvalue weighted by molar-refractivity contribution is -0.132. The smallest absolute Gasteiger partial charge is 0.243 e. The molecule has 25 heavy (non-hydrogen) atoms. The molecule has 0 spiro atoms. The van der Waals surface area contributed by atoms with Crippen molar-refractivity contribution in [3.63, 3.8) is 0 Å². The topological polar surface area (TPSA) is 69.7 Å². The SMILES string of the molecule is Cc1ccc(S(=O)(=O)N(CC(=O)N2CCNCC2)CC(C)C)cc1C. The quantitative estimate of drug-likeness (QED) is 0.825. The Labute approximate surface area is 151 Å². The normalized spacial score (nSPS) is 15.8. The number of hydrogen-bond acceptors (Lipinski definition) is 4. The summed E-state index contributed by atoms with van der Waals surface area (Å²) in [5, 5.41) is 3.20. The molecule has 1 heterocycles. The van der Waals surface area contributed by atoms with Gasteiger partial charge in [0.2, 0.25) is 15.9 Å². The molecule has 1 amide bonds. The summed E-state index contributed by atoms with van der Waals surface area (Å²) in [6.07, 6.45) is 0. The third-order valence-corrected chi connectivity index (χ3v) is 6.27. The van der Waals surface area contributed by atoms with E-state index in [0.29, 0.717) is 19.6 Å². The Morgan fingerprint density at radius 3 is 2.40 bits per heavy atom. The fourth-order valence-corrected chi connectivity index (χ4v) is 4.48.